The van der Waals surface area contributed by atoms with Crippen LogP contribution in [0.3, 0.4) is 0 Å². The molecule has 0 unspecified atom stereocenters. The number of amides is 3. The molecule has 1 N–H and O–H groups in total. The molecule has 24 heavy (non-hydrogen) atoms. The fourth-order valence-electron chi connectivity index (χ4n) is 2.55. The van der Waals surface area contributed by atoms with Gasteiger partial charge in [0, 0.05) is 25.2 Å². The van der Waals surface area contributed by atoms with Crippen molar-refractivity contribution < 1.29 is 14.4 Å². The van der Waals surface area contributed by atoms with Crippen LogP contribution < -0.4 is 10.2 Å². The van der Waals surface area contributed by atoms with E-state index in [1.807, 2.05) is 0 Å². The Labute approximate surface area is 146 Å². The van der Waals surface area contributed by atoms with Crippen molar-refractivity contribution in [1.29, 1.82) is 0 Å². The summed E-state index contributed by atoms with van der Waals surface area (Å²) in [6.45, 7) is 6.20. The van der Waals surface area contributed by atoms with E-state index in [1.165, 1.54) is 11.0 Å². The Hall–Kier alpha value is -2.34. The highest BCUT2D eigenvalue weighted by Crippen LogP contribution is 2.31. The summed E-state index contributed by atoms with van der Waals surface area (Å²) in [5.41, 5.74) is 1.16. The number of halogens is 1. The van der Waals surface area contributed by atoms with Gasteiger partial charge in [-0.1, -0.05) is 18.2 Å². The highest BCUT2D eigenvalue weighted by Gasteiger charge is 2.23. The molecule has 1 aliphatic heterocycles. The van der Waals surface area contributed by atoms with Gasteiger partial charge in [-0.2, -0.15) is 0 Å². The molecular formula is C17H20ClN3O3. The molecule has 6 nitrogen and oxygen atoms in total. The molecule has 2 rings (SSSR count). The normalized spacial score (nSPS) is 13.8. The van der Waals surface area contributed by atoms with Crippen LogP contribution in [0.1, 0.15) is 19.8 Å². The summed E-state index contributed by atoms with van der Waals surface area (Å²) in [7, 11) is 0. The quantitative estimate of drug-likeness (QED) is 0.802. The fraction of sp³-hybridized carbons (Fsp3) is 0.353. The molecule has 0 radical (unpaired) electrons. The minimum Gasteiger partial charge on any atom is -0.330 e. The first-order chi connectivity index (χ1) is 11.5. The van der Waals surface area contributed by atoms with Crippen LogP contribution in [-0.4, -0.2) is 42.3 Å². The zero-order valence-corrected chi connectivity index (χ0v) is 14.3. The van der Waals surface area contributed by atoms with Gasteiger partial charge in [0.05, 0.1) is 10.7 Å². The molecule has 0 aliphatic carbocycles. The van der Waals surface area contributed by atoms with Crippen molar-refractivity contribution in [2.75, 3.05) is 29.9 Å². The average Bonchev–Trinajstić information content (AvgIpc) is 2.98. The summed E-state index contributed by atoms with van der Waals surface area (Å²) in [5, 5.41) is 3.10. The number of hydrogen-bond donors (Lipinski definition) is 1. The summed E-state index contributed by atoms with van der Waals surface area (Å²) < 4.78 is 0. The lowest BCUT2D eigenvalue weighted by Gasteiger charge is -2.20. The molecule has 1 aromatic rings. The summed E-state index contributed by atoms with van der Waals surface area (Å²) in [6, 6.07) is 5.01. The SMILES string of the molecule is C=CC(=O)N(CC)CC(=O)Nc1ccc(N2CCCC2=O)c(Cl)c1. The molecule has 1 aromatic carbocycles. The minimum atomic E-state index is -0.326. The predicted octanol–water partition coefficient (Wildman–Crippen LogP) is 2.44. The molecular weight excluding hydrogens is 330 g/mol. The van der Waals surface area contributed by atoms with Crippen LogP contribution in [0.2, 0.25) is 5.02 Å². The highest BCUT2D eigenvalue weighted by atomic mass is 35.5. The second-order valence-electron chi connectivity index (χ2n) is 5.42. The maximum Gasteiger partial charge on any atom is 0.246 e. The standard InChI is InChI=1S/C17H20ClN3O3/c1-3-16(23)20(4-2)11-15(22)19-12-7-8-14(13(18)10-12)21-9-5-6-17(21)24/h3,7-8,10H,1,4-6,9,11H2,2H3,(H,19,22). The third kappa shape index (κ3) is 4.14. The molecule has 0 bridgehead atoms. The van der Waals surface area contributed by atoms with E-state index in [9.17, 15) is 14.4 Å². The Balaban J connectivity index is 2.04. The number of hydrogen-bond acceptors (Lipinski definition) is 3. The first-order valence-corrected chi connectivity index (χ1v) is 8.15. The third-order valence-electron chi connectivity index (χ3n) is 3.80. The van der Waals surface area contributed by atoms with Gasteiger partial charge in [-0.25, -0.2) is 0 Å². The number of likely N-dealkylation sites (N-methyl/N-ethyl adjacent to an activating group) is 1. The van der Waals surface area contributed by atoms with Crippen LogP contribution >= 0.6 is 11.6 Å². The maximum atomic E-state index is 12.1. The first kappa shape index (κ1) is 18.0. The van der Waals surface area contributed by atoms with Crippen LogP contribution in [0.5, 0.6) is 0 Å². The number of nitrogens with one attached hydrogen (secondary N) is 1. The lowest BCUT2D eigenvalue weighted by Crippen LogP contribution is -2.36. The minimum absolute atomic E-state index is 0.0511. The monoisotopic (exact) mass is 349 g/mol. The van der Waals surface area contributed by atoms with Gasteiger partial charge in [-0.15, -0.1) is 0 Å². The second-order valence-corrected chi connectivity index (χ2v) is 5.83. The molecule has 128 valence electrons. The van der Waals surface area contributed by atoms with Gasteiger partial charge in [0.25, 0.3) is 0 Å². The lowest BCUT2D eigenvalue weighted by atomic mass is 10.2. The number of nitrogens with zero attached hydrogens (tertiary/aromatic N) is 2. The Bertz CT molecular complexity index is 675. The van der Waals surface area contributed by atoms with Gasteiger partial charge in [0.2, 0.25) is 17.7 Å². The lowest BCUT2D eigenvalue weighted by molar-refractivity contribution is -0.130. The summed E-state index contributed by atoms with van der Waals surface area (Å²) >= 11 is 6.24. The number of rotatable bonds is 6. The van der Waals surface area contributed by atoms with E-state index in [0.717, 1.165) is 6.42 Å². The van der Waals surface area contributed by atoms with Crippen molar-refractivity contribution in [3.05, 3.63) is 35.9 Å². The Morgan fingerprint density at radius 1 is 1.46 bits per heavy atom. The van der Waals surface area contributed by atoms with E-state index in [1.54, 1.807) is 30.0 Å². The zero-order valence-electron chi connectivity index (χ0n) is 13.5. The van der Waals surface area contributed by atoms with Gasteiger partial charge in [0.15, 0.2) is 0 Å². The van der Waals surface area contributed by atoms with Crippen molar-refractivity contribution in [3.8, 4) is 0 Å². The molecule has 7 heteroatoms. The third-order valence-corrected chi connectivity index (χ3v) is 4.10. The fourth-order valence-corrected chi connectivity index (χ4v) is 2.84. The topological polar surface area (TPSA) is 69.7 Å². The van der Waals surface area contributed by atoms with Gasteiger partial charge in [0.1, 0.15) is 6.54 Å². The molecule has 0 atom stereocenters. The van der Waals surface area contributed by atoms with E-state index in [0.29, 0.717) is 35.9 Å². The highest BCUT2D eigenvalue weighted by molar-refractivity contribution is 6.34. The molecule has 1 aliphatic rings. The number of carbonyl (C=O) groups excluding carboxylic acids is 3. The van der Waals surface area contributed by atoms with E-state index in [2.05, 4.69) is 11.9 Å². The van der Waals surface area contributed by atoms with Crippen LogP contribution in [0, 0.1) is 0 Å². The van der Waals surface area contributed by atoms with Gasteiger partial charge < -0.3 is 15.1 Å². The van der Waals surface area contributed by atoms with Crippen LogP contribution in [-0.2, 0) is 14.4 Å². The second kappa shape index (κ2) is 7.97. The zero-order chi connectivity index (χ0) is 17.7. The summed E-state index contributed by atoms with van der Waals surface area (Å²) in [6.07, 6.45) is 2.52. The smallest absolute Gasteiger partial charge is 0.246 e. The molecule has 0 saturated carbocycles. The molecule has 0 spiro atoms. The molecule has 0 aromatic heterocycles. The van der Waals surface area contributed by atoms with Gasteiger partial charge in [-0.05, 0) is 37.6 Å². The Kier molecular flexibility index (Phi) is 5.98. The van der Waals surface area contributed by atoms with E-state index in [4.69, 9.17) is 11.6 Å². The molecule has 1 fully saturated rings. The maximum absolute atomic E-state index is 12.1. The van der Waals surface area contributed by atoms with Gasteiger partial charge in [-0.3, -0.25) is 14.4 Å². The van der Waals surface area contributed by atoms with Crippen LogP contribution in [0.25, 0.3) is 0 Å². The average molecular weight is 350 g/mol. The van der Waals surface area contributed by atoms with E-state index >= 15 is 0 Å². The van der Waals surface area contributed by atoms with Crippen molar-refractivity contribution >= 4 is 40.7 Å². The van der Waals surface area contributed by atoms with Crippen molar-refractivity contribution in [3.63, 3.8) is 0 Å². The first-order valence-electron chi connectivity index (χ1n) is 7.77. The Morgan fingerprint density at radius 2 is 2.21 bits per heavy atom. The number of anilines is 2. The summed E-state index contributed by atoms with van der Waals surface area (Å²) in [4.78, 5) is 38.4. The summed E-state index contributed by atoms with van der Waals surface area (Å²) in [5.74, 6) is -0.572. The van der Waals surface area contributed by atoms with Crippen LogP contribution in [0.15, 0.2) is 30.9 Å². The van der Waals surface area contributed by atoms with E-state index < -0.39 is 0 Å². The predicted molar refractivity (Wildman–Crippen MR) is 94.1 cm³/mol. The number of benzene rings is 1. The largest absolute Gasteiger partial charge is 0.330 e. The van der Waals surface area contributed by atoms with Crippen molar-refractivity contribution in [2.24, 2.45) is 0 Å². The van der Waals surface area contributed by atoms with E-state index in [-0.39, 0.29) is 24.3 Å². The van der Waals surface area contributed by atoms with Crippen LogP contribution in [0.4, 0.5) is 11.4 Å². The van der Waals surface area contributed by atoms with Crippen molar-refractivity contribution in [2.45, 2.75) is 19.8 Å². The molecule has 1 heterocycles. The van der Waals surface area contributed by atoms with Crippen molar-refractivity contribution in [1.82, 2.24) is 4.90 Å². The molecule has 1 saturated heterocycles. The van der Waals surface area contributed by atoms with Gasteiger partial charge >= 0.3 is 0 Å². The molecule has 3 amide bonds. The Morgan fingerprint density at radius 3 is 2.75 bits per heavy atom. The number of carbonyl (C=O) groups is 3.